The number of ether oxygens (including phenoxy) is 1. The van der Waals surface area contributed by atoms with Gasteiger partial charge in [-0.15, -0.1) is 0 Å². The van der Waals surface area contributed by atoms with E-state index in [1.807, 2.05) is 4.90 Å². The second-order valence-electron chi connectivity index (χ2n) is 4.85. The van der Waals surface area contributed by atoms with Gasteiger partial charge in [-0.2, -0.15) is 0 Å². The zero-order chi connectivity index (χ0) is 16.3. The highest BCUT2D eigenvalue weighted by Crippen LogP contribution is 2.27. The van der Waals surface area contributed by atoms with E-state index in [-0.39, 0.29) is 21.2 Å². The fraction of sp³-hybridized carbons (Fsp3) is 0.333. The lowest BCUT2D eigenvalue weighted by Crippen LogP contribution is -2.21. The molecule has 0 bridgehead atoms. The molecule has 22 heavy (non-hydrogen) atoms. The smallest absolute Gasteiger partial charge is 0.343 e. The summed E-state index contributed by atoms with van der Waals surface area (Å²) in [6.07, 6.45) is 3.41. The molecule has 0 aliphatic carbocycles. The predicted molar refractivity (Wildman–Crippen MR) is 81.7 cm³/mol. The van der Waals surface area contributed by atoms with Gasteiger partial charge in [0.25, 0.3) is 0 Å². The third-order valence-electron chi connectivity index (χ3n) is 3.36. The van der Waals surface area contributed by atoms with Crippen LogP contribution in [0.1, 0.15) is 23.2 Å². The molecule has 1 aliphatic rings. The van der Waals surface area contributed by atoms with Gasteiger partial charge in [-0.3, -0.25) is 4.79 Å². The van der Waals surface area contributed by atoms with E-state index in [0.29, 0.717) is 0 Å². The van der Waals surface area contributed by atoms with Gasteiger partial charge in [0.05, 0.1) is 17.2 Å². The Hall–Kier alpha value is -1.59. The summed E-state index contributed by atoms with van der Waals surface area (Å²) in [7, 11) is 1.18. The number of rotatable bonds is 4. The zero-order valence-electron chi connectivity index (χ0n) is 11.9. The second kappa shape index (κ2) is 7.11. The summed E-state index contributed by atoms with van der Waals surface area (Å²) in [6, 6.07) is 2.06. The third kappa shape index (κ3) is 3.59. The van der Waals surface area contributed by atoms with Gasteiger partial charge in [0, 0.05) is 24.9 Å². The van der Waals surface area contributed by atoms with E-state index < -0.39 is 17.6 Å². The second-order valence-corrected chi connectivity index (χ2v) is 5.67. The molecule has 7 heteroatoms. The van der Waals surface area contributed by atoms with Gasteiger partial charge in [0.15, 0.2) is 0 Å². The summed E-state index contributed by atoms with van der Waals surface area (Å²) >= 11 is 11.6. The number of carbonyl (C=O) groups is 2. The quantitative estimate of drug-likeness (QED) is 0.209. The van der Waals surface area contributed by atoms with Crippen LogP contribution < -0.4 is 0 Å². The van der Waals surface area contributed by atoms with E-state index in [0.717, 1.165) is 38.1 Å². The first-order chi connectivity index (χ1) is 10.4. The summed E-state index contributed by atoms with van der Waals surface area (Å²) in [4.78, 5) is 26.3. The predicted octanol–water partition coefficient (Wildman–Crippen LogP) is 3.47. The molecule has 4 nitrogen and oxygen atoms in total. The van der Waals surface area contributed by atoms with Crippen LogP contribution in [0.2, 0.25) is 10.0 Å². The number of nitrogens with zero attached hydrogens (tertiary/aromatic N) is 1. The van der Waals surface area contributed by atoms with Crippen LogP contribution >= 0.6 is 23.2 Å². The molecule has 0 N–H and O–H groups in total. The van der Waals surface area contributed by atoms with E-state index in [1.54, 1.807) is 0 Å². The molecule has 0 saturated carbocycles. The molecule has 1 fully saturated rings. The van der Waals surface area contributed by atoms with Crippen LogP contribution in [0, 0.1) is 5.82 Å². The number of hydrogen-bond acceptors (Lipinski definition) is 4. The van der Waals surface area contributed by atoms with Gasteiger partial charge < -0.3 is 9.64 Å². The van der Waals surface area contributed by atoms with Crippen molar-refractivity contribution in [3.05, 3.63) is 45.3 Å². The third-order valence-corrected chi connectivity index (χ3v) is 3.96. The van der Waals surface area contributed by atoms with Crippen LogP contribution in [-0.2, 0) is 9.53 Å². The molecule has 1 saturated heterocycles. The first-order valence-corrected chi connectivity index (χ1v) is 7.43. The molecule has 1 aromatic rings. The minimum atomic E-state index is -0.789. The highest BCUT2D eigenvalue weighted by atomic mass is 35.5. The normalized spacial score (nSPS) is 15.1. The number of halogens is 3. The summed E-state index contributed by atoms with van der Waals surface area (Å²) in [5.74, 6) is -2.26. The van der Waals surface area contributed by atoms with E-state index in [4.69, 9.17) is 23.2 Å². The summed E-state index contributed by atoms with van der Waals surface area (Å²) in [5.41, 5.74) is -0.313. The largest absolute Gasteiger partial charge is 0.465 e. The lowest BCUT2D eigenvalue weighted by molar-refractivity contribution is -0.135. The van der Waals surface area contributed by atoms with Gasteiger partial charge in [0.2, 0.25) is 5.78 Å². The van der Waals surface area contributed by atoms with Gasteiger partial charge in [-0.05, 0) is 25.0 Å². The number of methoxy groups -OCH3 is 1. The highest BCUT2D eigenvalue weighted by Gasteiger charge is 2.25. The van der Waals surface area contributed by atoms with E-state index in [1.165, 1.54) is 13.3 Å². The Morgan fingerprint density at radius 2 is 1.86 bits per heavy atom. The fourth-order valence-corrected chi connectivity index (χ4v) is 2.68. The van der Waals surface area contributed by atoms with Crippen molar-refractivity contribution in [1.29, 1.82) is 0 Å². The Morgan fingerprint density at radius 1 is 1.23 bits per heavy atom. The number of Topliss-reactive ketones (excluding diaryl/α,β-unsaturated/α-hetero) is 1. The number of likely N-dealkylation sites (tertiary alicyclic amines) is 1. The molecule has 2 rings (SSSR count). The maximum atomic E-state index is 13.6. The van der Waals surface area contributed by atoms with Crippen molar-refractivity contribution in [2.24, 2.45) is 0 Å². The van der Waals surface area contributed by atoms with Crippen LogP contribution in [0.3, 0.4) is 0 Å². The van der Waals surface area contributed by atoms with Crippen molar-refractivity contribution < 1.29 is 18.7 Å². The Labute approximate surface area is 137 Å². The van der Waals surface area contributed by atoms with Crippen LogP contribution in [0.5, 0.6) is 0 Å². The van der Waals surface area contributed by atoms with Crippen molar-refractivity contribution in [2.75, 3.05) is 20.2 Å². The minimum absolute atomic E-state index is 0.0207. The zero-order valence-corrected chi connectivity index (χ0v) is 13.4. The maximum Gasteiger partial charge on any atom is 0.343 e. The van der Waals surface area contributed by atoms with Gasteiger partial charge in [-0.1, -0.05) is 23.2 Å². The van der Waals surface area contributed by atoms with E-state index in [2.05, 4.69) is 4.74 Å². The maximum absolute atomic E-state index is 13.6. The van der Waals surface area contributed by atoms with E-state index >= 15 is 0 Å². The number of ketones is 1. The molecule has 0 amide bonds. The Kier molecular flexibility index (Phi) is 5.42. The van der Waals surface area contributed by atoms with E-state index in [9.17, 15) is 14.0 Å². The SMILES string of the molecule is COC(=O)C(=CN1CCCC1)C(=O)c1cc(F)c(Cl)cc1Cl. The summed E-state index contributed by atoms with van der Waals surface area (Å²) in [5, 5.41) is -0.211. The lowest BCUT2D eigenvalue weighted by atomic mass is 10.0. The topological polar surface area (TPSA) is 46.6 Å². The van der Waals surface area contributed by atoms with Crippen molar-refractivity contribution in [3.8, 4) is 0 Å². The molecular weight excluding hydrogens is 332 g/mol. The first kappa shape index (κ1) is 16.8. The molecule has 0 radical (unpaired) electrons. The molecule has 0 aromatic heterocycles. The van der Waals surface area contributed by atoms with Gasteiger partial charge >= 0.3 is 5.97 Å². The van der Waals surface area contributed by atoms with Crippen LogP contribution in [-0.4, -0.2) is 36.9 Å². The molecule has 0 spiro atoms. The molecule has 0 atom stereocenters. The fourth-order valence-electron chi connectivity index (χ4n) is 2.21. The minimum Gasteiger partial charge on any atom is -0.465 e. The van der Waals surface area contributed by atoms with Crippen molar-refractivity contribution >= 4 is 35.0 Å². The van der Waals surface area contributed by atoms with Crippen molar-refractivity contribution in [2.45, 2.75) is 12.8 Å². The number of hydrogen-bond donors (Lipinski definition) is 0. The summed E-state index contributed by atoms with van der Waals surface area (Å²) < 4.78 is 18.2. The molecule has 1 heterocycles. The standard InChI is InChI=1S/C15H14Cl2FNO3/c1-22-15(21)10(8-19-4-2-3-5-19)14(20)9-6-13(18)12(17)7-11(9)16/h6-8H,2-5H2,1H3. The molecule has 0 unspecified atom stereocenters. The average molecular weight is 346 g/mol. The molecule has 1 aromatic carbocycles. The van der Waals surface area contributed by atoms with Crippen LogP contribution in [0.4, 0.5) is 4.39 Å². The Morgan fingerprint density at radius 3 is 2.45 bits per heavy atom. The summed E-state index contributed by atoms with van der Waals surface area (Å²) in [6.45, 7) is 1.49. The molecule has 1 aliphatic heterocycles. The Bertz CT molecular complexity index is 640. The Balaban J connectivity index is 2.41. The number of carbonyl (C=O) groups excluding carboxylic acids is 2. The van der Waals surface area contributed by atoms with Crippen LogP contribution in [0.25, 0.3) is 0 Å². The van der Waals surface area contributed by atoms with Gasteiger partial charge in [0.1, 0.15) is 11.4 Å². The highest BCUT2D eigenvalue weighted by molar-refractivity contribution is 6.39. The first-order valence-electron chi connectivity index (χ1n) is 6.67. The number of benzene rings is 1. The average Bonchev–Trinajstić information content (AvgIpc) is 3.00. The molecular formula is C15H14Cl2FNO3. The monoisotopic (exact) mass is 345 g/mol. The van der Waals surface area contributed by atoms with Crippen molar-refractivity contribution in [3.63, 3.8) is 0 Å². The van der Waals surface area contributed by atoms with Crippen molar-refractivity contribution in [1.82, 2.24) is 4.90 Å². The molecule has 118 valence electrons. The lowest BCUT2D eigenvalue weighted by Gasteiger charge is -2.14. The van der Waals surface area contributed by atoms with Gasteiger partial charge in [-0.25, -0.2) is 9.18 Å². The number of esters is 1. The van der Waals surface area contributed by atoms with Crippen LogP contribution in [0.15, 0.2) is 23.9 Å².